The molecule has 1 aliphatic rings. The van der Waals surface area contributed by atoms with Gasteiger partial charge in [0.1, 0.15) is 0 Å². The lowest BCUT2D eigenvalue weighted by molar-refractivity contribution is 0.0738. The maximum Gasteiger partial charge on any atom is 0.0521 e. The second kappa shape index (κ2) is 6.72. The summed E-state index contributed by atoms with van der Waals surface area (Å²) in [6, 6.07) is 0.246. The third kappa shape index (κ3) is 3.07. The third-order valence-corrected chi connectivity index (χ3v) is 5.15. The molecule has 0 radical (unpaired) electrons. The molecule has 1 unspecified atom stereocenters. The van der Waals surface area contributed by atoms with Crippen molar-refractivity contribution in [3.05, 3.63) is 18.0 Å². The van der Waals surface area contributed by atoms with Gasteiger partial charge in [0.2, 0.25) is 0 Å². The van der Waals surface area contributed by atoms with Crippen LogP contribution in [-0.4, -0.2) is 39.4 Å². The summed E-state index contributed by atoms with van der Waals surface area (Å²) >= 11 is 0. The molecule has 1 aliphatic heterocycles. The lowest BCUT2D eigenvalue weighted by atomic mass is 9.80. The zero-order valence-corrected chi connectivity index (χ0v) is 13.3. The van der Waals surface area contributed by atoms with Gasteiger partial charge in [-0.05, 0) is 57.2 Å². The Morgan fingerprint density at radius 3 is 2.45 bits per heavy atom. The van der Waals surface area contributed by atoms with E-state index in [0.717, 1.165) is 25.7 Å². The van der Waals surface area contributed by atoms with E-state index < -0.39 is 0 Å². The minimum atomic E-state index is 0.193. The summed E-state index contributed by atoms with van der Waals surface area (Å²) in [6.45, 7) is 7.04. The molecular formula is C16H30N4. The fourth-order valence-corrected chi connectivity index (χ4v) is 3.81. The number of hydrogen-bond acceptors (Lipinski definition) is 3. The van der Waals surface area contributed by atoms with Crippen LogP contribution in [0, 0.1) is 0 Å². The van der Waals surface area contributed by atoms with Crippen LogP contribution < -0.4 is 5.73 Å². The van der Waals surface area contributed by atoms with Crippen molar-refractivity contribution < 1.29 is 0 Å². The van der Waals surface area contributed by atoms with Gasteiger partial charge in [-0.1, -0.05) is 13.8 Å². The number of likely N-dealkylation sites (tertiary alicyclic amines) is 1. The van der Waals surface area contributed by atoms with Crippen molar-refractivity contribution in [2.45, 2.75) is 64.0 Å². The molecule has 2 heterocycles. The number of nitrogens with zero attached hydrogens (tertiary/aromatic N) is 3. The van der Waals surface area contributed by atoms with E-state index in [1.165, 1.54) is 31.5 Å². The smallest absolute Gasteiger partial charge is 0.0521 e. The Morgan fingerprint density at radius 2 is 1.95 bits per heavy atom. The van der Waals surface area contributed by atoms with Crippen molar-refractivity contribution in [2.75, 3.05) is 13.1 Å². The minimum Gasteiger partial charge on any atom is -0.326 e. The summed E-state index contributed by atoms with van der Waals surface area (Å²) in [5.41, 5.74) is 8.13. The Labute approximate surface area is 123 Å². The third-order valence-electron chi connectivity index (χ3n) is 5.15. The molecule has 1 saturated heterocycles. The lowest BCUT2D eigenvalue weighted by Crippen LogP contribution is -2.58. The Hall–Kier alpha value is -0.870. The first-order chi connectivity index (χ1) is 9.62. The average Bonchev–Trinajstić information content (AvgIpc) is 3.10. The highest BCUT2D eigenvalue weighted by atomic mass is 15.2. The van der Waals surface area contributed by atoms with Crippen molar-refractivity contribution in [3.63, 3.8) is 0 Å². The van der Waals surface area contributed by atoms with Crippen LogP contribution in [0.2, 0.25) is 0 Å². The first-order valence-electron chi connectivity index (χ1n) is 8.10. The SMILES string of the molecule is CCC(CC)(C(N)CCc1cnn(C)c1)N1CCCC1. The van der Waals surface area contributed by atoms with Gasteiger partial charge in [0.25, 0.3) is 0 Å². The zero-order valence-electron chi connectivity index (χ0n) is 13.3. The molecule has 0 saturated carbocycles. The van der Waals surface area contributed by atoms with E-state index >= 15 is 0 Å². The molecule has 1 aromatic rings. The standard InChI is InChI=1S/C16H30N4/c1-4-16(5-2,20-10-6-7-11-20)15(17)9-8-14-12-18-19(3)13-14/h12-13,15H,4-11,17H2,1-3H3. The van der Waals surface area contributed by atoms with Crippen molar-refractivity contribution in [3.8, 4) is 0 Å². The molecule has 0 bridgehead atoms. The molecule has 4 heteroatoms. The first-order valence-corrected chi connectivity index (χ1v) is 8.10. The van der Waals surface area contributed by atoms with Crippen LogP contribution in [0.15, 0.2) is 12.4 Å². The van der Waals surface area contributed by atoms with Gasteiger partial charge in [-0.25, -0.2) is 0 Å². The molecule has 1 aromatic heterocycles. The van der Waals surface area contributed by atoms with Gasteiger partial charge in [0.15, 0.2) is 0 Å². The molecule has 114 valence electrons. The number of aromatic nitrogens is 2. The normalized spacial score (nSPS) is 18.6. The zero-order chi connectivity index (χ0) is 14.6. The number of aryl methyl sites for hydroxylation is 2. The second-order valence-corrected chi connectivity index (χ2v) is 6.17. The van der Waals surface area contributed by atoms with Crippen molar-refractivity contribution >= 4 is 0 Å². The largest absolute Gasteiger partial charge is 0.326 e. The van der Waals surface area contributed by atoms with E-state index in [4.69, 9.17) is 5.73 Å². The molecule has 0 aromatic carbocycles. The quantitative estimate of drug-likeness (QED) is 0.833. The predicted octanol–water partition coefficient (Wildman–Crippen LogP) is 2.33. The fourth-order valence-electron chi connectivity index (χ4n) is 3.81. The summed E-state index contributed by atoms with van der Waals surface area (Å²) in [5.74, 6) is 0. The highest BCUT2D eigenvalue weighted by Crippen LogP contribution is 2.32. The van der Waals surface area contributed by atoms with E-state index in [2.05, 4.69) is 30.0 Å². The first kappa shape index (κ1) is 15.5. The highest BCUT2D eigenvalue weighted by molar-refractivity contribution is 5.06. The van der Waals surface area contributed by atoms with E-state index in [-0.39, 0.29) is 11.6 Å². The molecule has 1 atom stereocenters. The average molecular weight is 278 g/mol. The van der Waals surface area contributed by atoms with Gasteiger partial charge in [-0.15, -0.1) is 0 Å². The predicted molar refractivity (Wildman–Crippen MR) is 83.6 cm³/mol. The van der Waals surface area contributed by atoms with Gasteiger partial charge in [-0.3, -0.25) is 9.58 Å². The summed E-state index contributed by atoms with van der Waals surface area (Å²) in [4.78, 5) is 2.65. The van der Waals surface area contributed by atoms with Gasteiger partial charge in [0.05, 0.1) is 6.20 Å². The Balaban J connectivity index is 2.00. The fraction of sp³-hybridized carbons (Fsp3) is 0.812. The van der Waals surface area contributed by atoms with Crippen LogP contribution in [-0.2, 0) is 13.5 Å². The number of hydrogen-bond donors (Lipinski definition) is 1. The van der Waals surface area contributed by atoms with Gasteiger partial charge < -0.3 is 5.73 Å². The summed E-state index contributed by atoms with van der Waals surface area (Å²) in [7, 11) is 1.97. The molecule has 1 fully saturated rings. The van der Waals surface area contributed by atoms with Crippen molar-refractivity contribution in [1.29, 1.82) is 0 Å². The topological polar surface area (TPSA) is 47.1 Å². The molecule has 0 aliphatic carbocycles. The van der Waals surface area contributed by atoms with Crippen molar-refractivity contribution in [2.24, 2.45) is 12.8 Å². The van der Waals surface area contributed by atoms with Gasteiger partial charge in [0, 0.05) is 24.8 Å². The maximum atomic E-state index is 6.64. The van der Waals surface area contributed by atoms with Crippen LogP contribution in [0.1, 0.15) is 51.5 Å². The van der Waals surface area contributed by atoms with Crippen LogP contribution in [0.5, 0.6) is 0 Å². The lowest BCUT2D eigenvalue weighted by Gasteiger charge is -2.45. The molecular weight excluding hydrogens is 248 g/mol. The Bertz CT molecular complexity index is 402. The van der Waals surface area contributed by atoms with E-state index in [9.17, 15) is 0 Å². The monoisotopic (exact) mass is 278 g/mol. The van der Waals surface area contributed by atoms with Crippen molar-refractivity contribution in [1.82, 2.24) is 14.7 Å². The minimum absolute atomic E-state index is 0.193. The number of nitrogens with two attached hydrogens (primary N) is 1. The molecule has 0 spiro atoms. The van der Waals surface area contributed by atoms with Crippen LogP contribution >= 0.6 is 0 Å². The van der Waals surface area contributed by atoms with Crippen LogP contribution in [0.4, 0.5) is 0 Å². The number of rotatable bonds is 7. The highest BCUT2D eigenvalue weighted by Gasteiger charge is 2.39. The molecule has 20 heavy (non-hydrogen) atoms. The molecule has 2 rings (SSSR count). The van der Waals surface area contributed by atoms with Gasteiger partial charge in [-0.2, -0.15) is 5.10 Å². The second-order valence-electron chi connectivity index (χ2n) is 6.17. The Morgan fingerprint density at radius 1 is 1.30 bits per heavy atom. The summed E-state index contributed by atoms with van der Waals surface area (Å²) in [6.07, 6.45) is 11.1. The van der Waals surface area contributed by atoms with Crippen LogP contribution in [0.3, 0.4) is 0 Å². The van der Waals surface area contributed by atoms with Gasteiger partial charge >= 0.3 is 0 Å². The summed E-state index contributed by atoms with van der Waals surface area (Å²) < 4.78 is 1.87. The molecule has 4 nitrogen and oxygen atoms in total. The van der Waals surface area contributed by atoms with Crippen LogP contribution in [0.25, 0.3) is 0 Å². The molecule has 0 amide bonds. The maximum absolute atomic E-state index is 6.64. The summed E-state index contributed by atoms with van der Waals surface area (Å²) in [5, 5.41) is 4.24. The molecule has 2 N–H and O–H groups in total. The van der Waals surface area contributed by atoms with E-state index in [1.807, 2.05) is 17.9 Å². The van der Waals surface area contributed by atoms with E-state index in [0.29, 0.717) is 0 Å². The Kier molecular flexibility index (Phi) is 5.22. The van der Waals surface area contributed by atoms with E-state index in [1.54, 1.807) is 0 Å².